The van der Waals surface area contributed by atoms with Crippen LogP contribution in [0.4, 0.5) is 0 Å². The van der Waals surface area contributed by atoms with E-state index in [1.807, 2.05) is 42.5 Å². The highest BCUT2D eigenvalue weighted by molar-refractivity contribution is 6.35. The number of hydrogen-bond donors (Lipinski definition) is 1. The normalized spacial score (nSPS) is 11.0. The van der Waals surface area contributed by atoms with E-state index >= 15 is 0 Å². The number of hydrogen-bond acceptors (Lipinski definition) is 3. The van der Waals surface area contributed by atoms with Gasteiger partial charge in [-0.15, -0.1) is 0 Å². The monoisotopic (exact) mass is 436 g/mol. The molecule has 0 radical (unpaired) electrons. The molecule has 0 saturated carbocycles. The molecular weight excluding hydrogens is 415 g/mol. The first-order chi connectivity index (χ1) is 14.6. The van der Waals surface area contributed by atoms with Crippen LogP contribution >= 0.6 is 23.2 Å². The summed E-state index contributed by atoms with van der Waals surface area (Å²) < 4.78 is 0. The van der Waals surface area contributed by atoms with E-state index in [2.05, 4.69) is 36.5 Å². The van der Waals surface area contributed by atoms with Gasteiger partial charge >= 0.3 is 0 Å². The Morgan fingerprint density at radius 2 is 1.63 bits per heavy atom. The molecule has 4 rings (SSSR count). The maximum atomic E-state index is 6.34. The van der Waals surface area contributed by atoms with Crippen LogP contribution in [0.1, 0.15) is 22.4 Å². The third kappa shape index (κ3) is 5.08. The predicted molar refractivity (Wildman–Crippen MR) is 123 cm³/mol. The number of nitrogens with one attached hydrogen (secondary N) is 1. The summed E-state index contributed by atoms with van der Waals surface area (Å²) in [6.45, 7) is 3.96. The van der Waals surface area contributed by atoms with Crippen molar-refractivity contribution in [2.45, 2.75) is 26.6 Å². The van der Waals surface area contributed by atoms with Crippen LogP contribution in [-0.4, -0.2) is 15.0 Å². The first kappa shape index (κ1) is 20.6. The van der Waals surface area contributed by atoms with Gasteiger partial charge in [0.25, 0.3) is 0 Å². The largest absolute Gasteiger partial charge is 0.307 e. The van der Waals surface area contributed by atoms with Gasteiger partial charge in [-0.3, -0.25) is 0 Å². The number of aromatic nitrogens is 3. The second kappa shape index (κ2) is 9.43. The maximum Gasteiger partial charge on any atom is 0.117 e. The Balaban J connectivity index is 1.55. The van der Waals surface area contributed by atoms with E-state index in [4.69, 9.17) is 33.4 Å². The van der Waals surface area contributed by atoms with E-state index in [-0.39, 0.29) is 0 Å². The number of aryl methyl sites for hydroxylation is 1. The summed E-state index contributed by atoms with van der Waals surface area (Å²) in [4.78, 5) is 1.69. The van der Waals surface area contributed by atoms with Crippen LogP contribution in [0.3, 0.4) is 0 Å². The van der Waals surface area contributed by atoms with Gasteiger partial charge in [0.05, 0.1) is 6.54 Å². The Labute approximate surface area is 186 Å². The maximum absolute atomic E-state index is 6.34. The molecular formula is C24H22Cl2N4. The lowest BCUT2D eigenvalue weighted by molar-refractivity contribution is 0.576. The average Bonchev–Trinajstić information content (AvgIpc) is 3.15. The second-order valence-corrected chi connectivity index (χ2v) is 8.06. The van der Waals surface area contributed by atoms with Crippen molar-refractivity contribution in [1.29, 1.82) is 0 Å². The van der Waals surface area contributed by atoms with Gasteiger partial charge in [-0.2, -0.15) is 15.0 Å². The Bertz CT molecular complexity index is 1120. The van der Waals surface area contributed by atoms with Crippen molar-refractivity contribution in [3.63, 3.8) is 0 Å². The first-order valence-electron chi connectivity index (χ1n) is 9.78. The molecule has 0 saturated heterocycles. The van der Waals surface area contributed by atoms with Crippen molar-refractivity contribution in [3.8, 4) is 11.3 Å². The highest BCUT2D eigenvalue weighted by Gasteiger charge is 2.14. The lowest BCUT2D eigenvalue weighted by atomic mass is 10.1. The zero-order chi connectivity index (χ0) is 20.9. The minimum absolute atomic E-state index is 0.480. The molecule has 3 aromatic carbocycles. The lowest BCUT2D eigenvalue weighted by Gasteiger charge is -2.05. The van der Waals surface area contributed by atoms with E-state index in [1.54, 1.807) is 10.9 Å². The number of benzene rings is 3. The standard InChI is InChI=1S/C24H22Cl2N4/c1-17-7-9-18(10-8-17)14-27-15-23-24(19-5-3-2-4-6-19)29-30(28-23)16-20-11-12-21(25)13-22(20)26/h2-13,27H,14-16H2,1H3. The van der Waals surface area contributed by atoms with Crippen LogP contribution < -0.4 is 5.32 Å². The first-order valence-corrected chi connectivity index (χ1v) is 10.5. The average molecular weight is 437 g/mol. The number of rotatable bonds is 7. The van der Waals surface area contributed by atoms with Crippen molar-refractivity contribution in [2.75, 3.05) is 0 Å². The molecule has 0 amide bonds. The van der Waals surface area contributed by atoms with Crippen LogP contribution in [0.2, 0.25) is 10.0 Å². The summed E-state index contributed by atoms with van der Waals surface area (Å²) in [6, 6.07) is 24.1. The smallest absolute Gasteiger partial charge is 0.117 e. The fraction of sp³-hybridized carbons (Fsp3) is 0.167. The molecule has 4 aromatic rings. The molecule has 30 heavy (non-hydrogen) atoms. The zero-order valence-corrected chi connectivity index (χ0v) is 18.2. The van der Waals surface area contributed by atoms with Crippen molar-refractivity contribution in [1.82, 2.24) is 20.3 Å². The van der Waals surface area contributed by atoms with E-state index in [0.717, 1.165) is 29.1 Å². The van der Waals surface area contributed by atoms with Gasteiger partial charge in [0.15, 0.2) is 0 Å². The Kier molecular flexibility index (Phi) is 6.48. The summed E-state index contributed by atoms with van der Waals surface area (Å²) in [6.07, 6.45) is 0. The fourth-order valence-corrected chi connectivity index (χ4v) is 3.69. The summed E-state index contributed by atoms with van der Waals surface area (Å²) in [5.74, 6) is 0. The van der Waals surface area contributed by atoms with Crippen LogP contribution in [0.25, 0.3) is 11.3 Å². The summed E-state index contributed by atoms with van der Waals surface area (Å²) in [5, 5.41) is 14.2. The molecule has 4 nitrogen and oxygen atoms in total. The third-order valence-electron chi connectivity index (χ3n) is 4.84. The van der Waals surface area contributed by atoms with Crippen LogP contribution in [0, 0.1) is 6.92 Å². The van der Waals surface area contributed by atoms with Crippen molar-refractivity contribution in [2.24, 2.45) is 0 Å². The van der Waals surface area contributed by atoms with Crippen molar-refractivity contribution in [3.05, 3.63) is 105 Å². The minimum Gasteiger partial charge on any atom is -0.307 e. The van der Waals surface area contributed by atoms with Crippen molar-refractivity contribution < 1.29 is 0 Å². The fourth-order valence-electron chi connectivity index (χ4n) is 3.23. The quantitative estimate of drug-likeness (QED) is 0.392. The molecule has 0 aliphatic rings. The third-order valence-corrected chi connectivity index (χ3v) is 5.43. The van der Waals surface area contributed by atoms with Crippen LogP contribution in [0.5, 0.6) is 0 Å². The minimum atomic E-state index is 0.480. The molecule has 0 bridgehead atoms. The molecule has 1 N–H and O–H groups in total. The van der Waals surface area contributed by atoms with Crippen LogP contribution in [0.15, 0.2) is 72.8 Å². The molecule has 0 atom stereocenters. The Morgan fingerprint density at radius 1 is 0.867 bits per heavy atom. The Morgan fingerprint density at radius 3 is 2.37 bits per heavy atom. The molecule has 0 aliphatic carbocycles. The molecule has 1 heterocycles. The number of nitrogens with zero attached hydrogens (tertiary/aromatic N) is 3. The molecule has 6 heteroatoms. The van der Waals surface area contributed by atoms with E-state index in [1.165, 1.54) is 11.1 Å². The second-order valence-electron chi connectivity index (χ2n) is 7.22. The van der Waals surface area contributed by atoms with E-state index < -0.39 is 0 Å². The lowest BCUT2D eigenvalue weighted by Crippen LogP contribution is -2.14. The van der Waals surface area contributed by atoms with Gasteiger partial charge in [-0.05, 0) is 30.2 Å². The molecule has 0 unspecified atom stereocenters. The van der Waals surface area contributed by atoms with Crippen LogP contribution in [-0.2, 0) is 19.6 Å². The predicted octanol–water partition coefficient (Wildman–Crippen LogP) is 5.90. The molecule has 1 aromatic heterocycles. The summed E-state index contributed by atoms with van der Waals surface area (Å²) >= 11 is 12.4. The highest BCUT2D eigenvalue weighted by Crippen LogP contribution is 2.24. The van der Waals surface area contributed by atoms with Gasteiger partial charge < -0.3 is 5.32 Å². The zero-order valence-electron chi connectivity index (χ0n) is 16.6. The van der Waals surface area contributed by atoms with E-state index in [9.17, 15) is 0 Å². The van der Waals surface area contributed by atoms with Crippen molar-refractivity contribution >= 4 is 23.2 Å². The Hall–Kier alpha value is -2.66. The molecule has 152 valence electrons. The van der Waals surface area contributed by atoms with Gasteiger partial charge in [0.1, 0.15) is 11.4 Å². The molecule has 0 aliphatic heterocycles. The molecule has 0 fully saturated rings. The topological polar surface area (TPSA) is 42.7 Å². The highest BCUT2D eigenvalue weighted by atomic mass is 35.5. The molecule has 0 spiro atoms. The SMILES string of the molecule is Cc1ccc(CNCc2nn(Cc3ccc(Cl)cc3Cl)nc2-c2ccccc2)cc1. The van der Waals surface area contributed by atoms with Gasteiger partial charge in [-0.25, -0.2) is 0 Å². The van der Waals surface area contributed by atoms with E-state index in [0.29, 0.717) is 23.1 Å². The summed E-state index contributed by atoms with van der Waals surface area (Å²) in [5.41, 5.74) is 6.24. The van der Waals surface area contributed by atoms with Gasteiger partial charge in [-0.1, -0.05) is 89.4 Å². The number of halogens is 2. The summed E-state index contributed by atoms with van der Waals surface area (Å²) in [7, 11) is 0. The van der Waals surface area contributed by atoms with Gasteiger partial charge in [0, 0.05) is 28.7 Å². The van der Waals surface area contributed by atoms with Gasteiger partial charge in [0.2, 0.25) is 0 Å².